The molecule has 200 valence electrons. The maximum absolute atomic E-state index is 13.6. The third-order valence-corrected chi connectivity index (χ3v) is 10.5. The van der Waals surface area contributed by atoms with Crippen LogP contribution in [0.5, 0.6) is 11.5 Å². The van der Waals surface area contributed by atoms with E-state index in [4.69, 9.17) is 4.74 Å². The third-order valence-electron chi connectivity index (χ3n) is 9.94. The molecule has 7 rings (SSSR count). The fraction of sp³-hybridized carbons (Fsp3) is 0.500. The van der Waals surface area contributed by atoms with Crippen LogP contribution in [-0.4, -0.2) is 69.8 Å². The maximum Gasteiger partial charge on any atom is 0.246 e. The lowest BCUT2D eigenvalue weighted by Gasteiger charge is -2.64. The van der Waals surface area contributed by atoms with Crippen LogP contribution in [-0.2, 0) is 16.6 Å². The topological polar surface area (TPSA) is 73.2 Å². The van der Waals surface area contributed by atoms with Gasteiger partial charge in [0.25, 0.3) is 0 Å². The predicted octanol–water partition coefficient (Wildman–Crippen LogP) is 4.40. The fourth-order valence-electron chi connectivity index (χ4n) is 7.92. The molecule has 0 aromatic heterocycles. The number of hydrogen-bond acceptors (Lipinski definition) is 5. The van der Waals surface area contributed by atoms with Gasteiger partial charge >= 0.3 is 0 Å². The number of likely N-dealkylation sites (N-methyl/N-ethyl adjacent to an activating group) is 1. The Morgan fingerprint density at radius 3 is 2.84 bits per heavy atom. The van der Waals surface area contributed by atoms with Crippen molar-refractivity contribution in [2.24, 2.45) is 5.92 Å². The van der Waals surface area contributed by atoms with E-state index in [1.165, 1.54) is 25.0 Å². The summed E-state index contributed by atoms with van der Waals surface area (Å²) in [6.45, 7) is 1.91. The van der Waals surface area contributed by atoms with Crippen molar-refractivity contribution in [2.75, 3.05) is 20.1 Å². The predicted molar refractivity (Wildman–Crippen MR) is 144 cm³/mol. The third kappa shape index (κ3) is 3.39. The minimum atomic E-state index is -0.979. The van der Waals surface area contributed by atoms with Gasteiger partial charge in [-0.25, -0.2) is 4.39 Å². The van der Waals surface area contributed by atoms with Crippen LogP contribution in [0.2, 0.25) is 0 Å². The molecule has 1 spiro atoms. The second-order valence-corrected chi connectivity index (χ2v) is 12.7. The number of aliphatic hydroxyl groups is 1. The maximum atomic E-state index is 13.6. The van der Waals surface area contributed by atoms with Gasteiger partial charge in [0.1, 0.15) is 11.9 Å². The van der Waals surface area contributed by atoms with Crippen LogP contribution >= 0.6 is 15.9 Å². The highest BCUT2D eigenvalue weighted by molar-refractivity contribution is 9.10. The number of hydrogen-bond donors (Lipinski definition) is 2. The number of carbonyl (C=O) groups is 1. The summed E-state index contributed by atoms with van der Waals surface area (Å²) in [4.78, 5) is 17.6. The van der Waals surface area contributed by atoms with Gasteiger partial charge in [0, 0.05) is 31.3 Å². The molecule has 6 nitrogen and oxygen atoms in total. The first kappa shape index (κ1) is 24.6. The molecule has 0 radical (unpaired) electrons. The summed E-state index contributed by atoms with van der Waals surface area (Å²) in [6, 6.07) is 8.07. The average molecular weight is 583 g/mol. The van der Waals surface area contributed by atoms with Crippen molar-refractivity contribution in [1.82, 2.24) is 9.80 Å². The molecule has 3 aliphatic carbocycles. The number of phenolic OH excluding ortho intramolecular Hbond substituents is 1. The van der Waals surface area contributed by atoms with E-state index in [-0.39, 0.29) is 29.6 Å². The smallest absolute Gasteiger partial charge is 0.246 e. The van der Waals surface area contributed by atoms with E-state index < -0.39 is 17.1 Å². The Balaban J connectivity index is 1.23. The summed E-state index contributed by atoms with van der Waals surface area (Å²) in [5, 5.41) is 23.4. The number of aromatic hydroxyl groups is 1. The lowest BCUT2D eigenvalue weighted by atomic mass is 9.48. The second kappa shape index (κ2) is 8.54. The zero-order chi connectivity index (χ0) is 26.4. The summed E-state index contributed by atoms with van der Waals surface area (Å²) in [6.07, 6.45) is 7.94. The van der Waals surface area contributed by atoms with Crippen LogP contribution in [0.4, 0.5) is 4.39 Å². The Kier molecular flexibility index (Phi) is 5.53. The number of phenols is 1. The van der Waals surface area contributed by atoms with E-state index in [0.717, 1.165) is 43.0 Å². The van der Waals surface area contributed by atoms with Crippen molar-refractivity contribution in [1.29, 1.82) is 0 Å². The first-order valence-corrected chi connectivity index (χ1v) is 14.4. The van der Waals surface area contributed by atoms with Crippen molar-refractivity contribution < 1.29 is 24.1 Å². The summed E-state index contributed by atoms with van der Waals surface area (Å²) in [5.41, 5.74) is 1.18. The zero-order valence-corrected chi connectivity index (χ0v) is 23.0. The Bertz CT molecular complexity index is 1360. The van der Waals surface area contributed by atoms with Crippen LogP contribution in [0.15, 0.2) is 40.9 Å². The number of rotatable bonds is 5. The number of amides is 1. The van der Waals surface area contributed by atoms with E-state index in [9.17, 15) is 19.4 Å². The van der Waals surface area contributed by atoms with Crippen molar-refractivity contribution >= 4 is 27.9 Å². The quantitative estimate of drug-likeness (QED) is 0.511. The summed E-state index contributed by atoms with van der Waals surface area (Å²) < 4.78 is 20.6. The zero-order valence-electron chi connectivity index (χ0n) is 21.4. The van der Waals surface area contributed by atoms with E-state index in [2.05, 4.69) is 20.8 Å². The number of carbonyl (C=O) groups excluding carboxylic acids is 1. The molecule has 2 saturated carbocycles. The molecule has 5 atom stereocenters. The standard InChI is InChI=1S/C30H32BrFN2O4/c1-33(25(36)9-5-17-4-7-21(32)20(31)14-17)22-10-11-30(37)24-15-19-6-8-23(35)27-26(19)29(30,28(22)38-27)12-13-34(24)16-18-2-3-18/h4-9,14,18,22,24,28,35,37H,2-3,10-13,15-16H2,1H3/t22-,24-,28+,29+,30-/m1/s1. The molecule has 1 saturated heterocycles. The average Bonchev–Trinajstić information content (AvgIpc) is 3.64. The van der Waals surface area contributed by atoms with Crippen molar-refractivity contribution in [3.8, 4) is 11.5 Å². The lowest BCUT2D eigenvalue weighted by Crippen LogP contribution is -2.78. The molecule has 5 aliphatic rings. The van der Waals surface area contributed by atoms with Gasteiger partial charge in [-0.1, -0.05) is 12.1 Å². The summed E-state index contributed by atoms with van der Waals surface area (Å²) >= 11 is 3.19. The Labute approximate surface area is 230 Å². The van der Waals surface area contributed by atoms with Crippen molar-refractivity contribution in [3.63, 3.8) is 0 Å². The minimum Gasteiger partial charge on any atom is -0.504 e. The highest BCUT2D eigenvalue weighted by Gasteiger charge is 2.73. The van der Waals surface area contributed by atoms with Gasteiger partial charge in [-0.2, -0.15) is 0 Å². The van der Waals surface area contributed by atoms with Crippen LogP contribution in [0.3, 0.4) is 0 Å². The molecule has 38 heavy (non-hydrogen) atoms. The molecule has 2 N–H and O–H groups in total. The molecule has 2 aliphatic heterocycles. The Hall–Kier alpha value is -2.42. The summed E-state index contributed by atoms with van der Waals surface area (Å²) in [7, 11) is 1.79. The first-order valence-electron chi connectivity index (χ1n) is 13.6. The molecule has 3 fully saturated rings. The Morgan fingerprint density at radius 1 is 1.26 bits per heavy atom. The molecule has 2 bridgehead atoms. The van der Waals surface area contributed by atoms with Gasteiger partial charge in [-0.3, -0.25) is 9.69 Å². The molecule has 2 aromatic carbocycles. The molecule has 2 heterocycles. The first-order chi connectivity index (χ1) is 18.2. The molecule has 8 heteroatoms. The van der Waals surface area contributed by atoms with E-state index >= 15 is 0 Å². The van der Waals surface area contributed by atoms with Crippen LogP contribution in [0, 0.1) is 11.7 Å². The molecule has 0 unspecified atom stereocenters. The highest BCUT2D eigenvalue weighted by Crippen LogP contribution is 2.66. The number of halogens is 2. The molecular weight excluding hydrogens is 551 g/mol. The van der Waals surface area contributed by atoms with Gasteiger partial charge < -0.3 is 19.8 Å². The minimum absolute atomic E-state index is 0.00437. The fourth-order valence-corrected chi connectivity index (χ4v) is 8.31. The lowest BCUT2D eigenvalue weighted by molar-refractivity contribution is -0.200. The number of likely N-dealkylation sites (tertiary alicyclic amines) is 1. The normalized spacial score (nSPS) is 33.2. The number of ether oxygens (including phenoxy) is 1. The summed E-state index contributed by atoms with van der Waals surface area (Å²) in [5.74, 6) is 0.783. The van der Waals surface area contributed by atoms with Crippen LogP contribution in [0.1, 0.15) is 48.8 Å². The molecule has 1 amide bonds. The van der Waals surface area contributed by atoms with Gasteiger partial charge in [-0.15, -0.1) is 0 Å². The number of benzene rings is 2. The van der Waals surface area contributed by atoms with E-state index in [1.807, 2.05) is 6.07 Å². The number of piperidine rings is 1. The Morgan fingerprint density at radius 2 is 2.08 bits per heavy atom. The van der Waals surface area contributed by atoms with Gasteiger partial charge in [-0.05, 0) is 102 Å². The molecular formula is C30H32BrFN2O4. The molecule has 2 aromatic rings. The number of nitrogens with zero attached hydrogens (tertiary/aromatic N) is 2. The monoisotopic (exact) mass is 582 g/mol. The van der Waals surface area contributed by atoms with Gasteiger partial charge in [0.15, 0.2) is 11.5 Å². The van der Waals surface area contributed by atoms with Crippen molar-refractivity contribution in [3.05, 3.63) is 63.4 Å². The van der Waals surface area contributed by atoms with E-state index in [0.29, 0.717) is 28.6 Å². The van der Waals surface area contributed by atoms with E-state index in [1.54, 1.807) is 36.2 Å². The SMILES string of the molecule is CN(C(=O)C=Cc1ccc(F)c(Br)c1)[C@@H]1CC[C@@]2(O)[C@H]3Cc4ccc(O)c5c4[C@@]2(CCN3CC2CC2)[C@H]1O5. The second-order valence-electron chi connectivity index (χ2n) is 11.9. The van der Waals surface area contributed by atoms with Gasteiger partial charge in [0.05, 0.1) is 21.5 Å². The van der Waals surface area contributed by atoms with Crippen LogP contribution < -0.4 is 4.74 Å². The highest BCUT2D eigenvalue weighted by atomic mass is 79.9. The largest absolute Gasteiger partial charge is 0.504 e. The van der Waals surface area contributed by atoms with Crippen LogP contribution in [0.25, 0.3) is 6.08 Å². The van der Waals surface area contributed by atoms with Gasteiger partial charge in [0.2, 0.25) is 5.91 Å². The van der Waals surface area contributed by atoms with Crippen molar-refractivity contribution in [2.45, 2.75) is 67.7 Å².